The number of rotatable bonds is 8. The van der Waals surface area contributed by atoms with Crippen LogP contribution in [0.1, 0.15) is 43.5 Å². The SMILES string of the molecule is CCNC(=NCc1ccc(CN2CCC(C)CC2)cc1)NCCc1ccccn1. The van der Waals surface area contributed by atoms with Gasteiger partial charge >= 0.3 is 0 Å². The molecule has 0 saturated carbocycles. The third kappa shape index (κ3) is 7.50. The van der Waals surface area contributed by atoms with Gasteiger partial charge in [-0.3, -0.25) is 9.88 Å². The predicted octanol–water partition coefficient (Wildman–Crippen LogP) is 3.61. The van der Waals surface area contributed by atoms with Gasteiger partial charge in [0.15, 0.2) is 5.96 Å². The van der Waals surface area contributed by atoms with Crippen molar-refractivity contribution in [2.24, 2.45) is 10.9 Å². The maximum Gasteiger partial charge on any atom is 0.191 e. The zero-order chi connectivity index (χ0) is 20.3. The number of nitrogens with one attached hydrogen (secondary N) is 2. The summed E-state index contributed by atoms with van der Waals surface area (Å²) in [5.74, 6) is 1.74. The Balaban J connectivity index is 1.46. The average Bonchev–Trinajstić information content (AvgIpc) is 2.75. The van der Waals surface area contributed by atoms with Crippen molar-refractivity contribution in [1.82, 2.24) is 20.5 Å². The minimum absolute atomic E-state index is 0.681. The van der Waals surface area contributed by atoms with E-state index in [2.05, 4.69) is 64.7 Å². The van der Waals surface area contributed by atoms with E-state index in [9.17, 15) is 0 Å². The van der Waals surface area contributed by atoms with Gasteiger partial charge in [-0.1, -0.05) is 37.3 Å². The molecule has 1 aliphatic rings. The van der Waals surface area contributed by atoms with Gasteiger partial charge in [-0.05, 0) is 62.0 Å². The van der Waals surface area contributed by atoms with Crippen LogP contribution in [0.25, 0.3) is 0 Å². The van der Waals surface area contributed by atoms with Crippen LogP contribution in [0.4, 0.5) is 0 Å². The van der Waals surface area contributed by atoms with Crippen LogP contribution in [0.5, 0.6) is 0 Å². The molecular formula is C24H35N5. The molecular weight excluding hydrogens is 358 g/mol. The molecule has 0 radical (unpaired) electrons. The summed E-state index contributed by atoms with van der Waals surface area (Å²) in [6.45, 7) is 10.3. The van der Waals surface area contributed by atoms with E-state index >= 15 is 0 Å². The van der Waals surface area contributed by atoms with Gasteiger partial charge in [0, 0.05) is 37.9 Å². The van der Waals surface area contributed by atoms with E-state index in [0.717, 1.165) is 43.6 Å². The number of benzene rings is 1. The van der Waals surface area contributed by atoms with Crippen LogP contribution in [0.2, 0.25) is 0 Å². The van der Waals surface area contributed by atoms with E-state index in [1.165, 1.54) is 37.1 Å². The standard InChI is InChI=1S/C24H35N5/c1-3-25-24(27-15-11-23-6-4-5-14-26-23)28-18-21-7-9-22(10-8-21)19-29-16-12-20(2)13-17-29/h4-10,14,20H,3,11-13,15-19H2,1-2H3,(H2,25,27,28). The molecule has 0 atom stereocenters. The van der Waals surface area contributed by atoms with Crippen LogP contribution in [0, 0.1) is 5.92 Å². The zero-order valence-electron chi connectivity index (χ0n) is 17.9. The van der Waals surface area contributed by atoms with Crippen LogP contribution in [-0.2, 0) is 19.5 Å². The van der Waals surface area contributed by atoms with E-state index in [-0.39, 0.29) is 0 Å². The highest BCUT2D eigenvalue weighted by Gasteiger charge is 2.15. The molecule has 0 bridgehead atoms. The quantitative estimate of drug-likeness (QED) is 0.531. The zero-order valence-corrected chi connectivity index (χ0v) is 17.9. The predicted molar refractivity (Wildman–Crippen MR) is 121 cm³/mol. The van der Waals surface area contributed by atoms with Crippen molar-refractivity contribution >= 4 is 5.96 Å². The Morgan fingerprint density at radius 2 is 1.83 bits per heavy atom. The Labute approximate surface area is 175 Å². The van der Waals surface area contributed by atoms with Crippen molar-refractivity contribution in [1.29, 1.82) is 0 Å². The maximum absolute atomic E-state index is 4.73. The van der Waals surface area contributed by atoms with Crippen LogP contribution in [0.15, 0.2) is 53.7 Å². The van der Waals surface area contributed by atoms with Gasteiger partial charge in [0.2, 0.25) is 0 Å². The summed E-state index contributed by atoms with van der Waals surface area (Å²) < 4.78 is 0. The van der Waals surface area contributed by atoms with E-state index in [0.29, 0.717) is 6.54 Å². The first-order valence-electron chi connectivity index (χ1n) is 10.9. The number of aromatic nitrogens is 1. The molecule has 1 fully saturated rings. The minimum atomic E-state index is 0.681. The van der Waals surface area contributed by atoms with Crippen molar-refractivity contribution in [3.05, 3.63) is 65.5 Å². The molecule has 3 rings (SSSR count). The molecule has 29 heavy (non-hydrogen) atoms. The Morgan fingerprint density at radius 3 is 2.52 bits per heavy atom. The maximum atomic E-state index is 4.73. The molecule has 2 aromatic rings. The summed E-state index contributed by atoms with van der Waals surface area (Å²) in [6, 6.07) is 15.0. The summed E-state index contributed by atoms with van der Waals surface area (Å²) in [4.78, 5) is 11.7. The summed E-state index contributed by atoms with van der Waals surface area (Å²) in [7, 11) is 0. The molecule has 156 valence electrons. The van der Waals surface area contributed by atoms with Gasteiger partial charge in [-0.15, -0.1) is 0 Å². The number of piperidine rings is 1. The topological polar surface area (TPSA) is 52.6 Å². The lowest BCUT2D eigenvalue weighted by Crippen LogP contribution is -2.38. The first-order chi connectivity index (χ1) is 14.2. The second kappa shape index (κ2) is 11.6. The molecule has 1 aromatic carbocycles. The number of nitrogens with zero attached hydrogens (tertiary/aromatic N) is 3. The fourth-order valence-corrected chi connectivity index (χ4v) is 3.60. The number of likely N-dealkylation sites (tertiary alicyclic amines) is 1. The molecule has 1 saturated heterocycles. The van der Waals surface area contributed by atoms with Gasteiger partial charge in [0.25, 0.3) is 0 Å². The van der Waals surface area contributed by atoms with Crippen molar-refractivity contribution in [3.63, 3.8) is 0 Å². The third-order valence-corrected chi connectivity index (χ3v) is 5.47. The van der Waals surface area contributed by atoms with Crippen molar-refractivity contribution in [2.45, 2.75) is 46.2 Å². The highest BCUT2D eigenvalue weighted by molar-refractivity contribution is 5.79. The minimum Gasteiger partial charge on any atom is -0.357 e. The van der Waals surface area contributed by atoms with Gasteiger partial charge in [0.1, 0.15) is 0 Å². The summed E-state index contributed by atoms with van der Waals surface area (Å²) in [6.07, 6.45) is 5.37. The summed E-state index contributed by atoms with van der Waals surface area (Å²) in [5.41, 5.74) is 3.73. The van der Waals surface area contributed by atoms with E-state index in [1.807, 2.05) is 18.3 Å². The Kier molecular flexibility index (Phi) is 8.50. The van der Waals surface area contributed by atoms with Gasteiger partial charge in [-0.2, -0.15) is 0 Å². The monoisotopic (exact) mass is 393 g/mol. The fraction of sp³-hybridized carbons (Fsp3) is 0.500. The number of hydrogen-bond donors (Lipinski definition) is 2. The highest BCUT2D eigenvalue weighted by atomic mass is 15.2. The molecule has 0 aliphatic carbocycles. The highest BCUT2D eigenvalue weighted by Crippen LogP contribution is 2.18. The van der Waals surface area contributed by atoms with Crippen molar-refractivity contribution in [2.75, 3.05) is 26.2 Å². The number of pyridine rings is 1. The molecule has 1 aromatic heterocycles. The molecule has 1 aliphatic heterocycles. The van der Waals surface area contributed by atoms with Gasteiger partial charge in [0.05, 0.1) is 6.54 Å². The second-order valence-electron chi connectivity index (χ2n) is 7.97. The molecule has 0 amide bonds. The normalized spacial score (nSPS) is 16.0. The number of guanidine groups is 1. The van der Waals surface area contributed by atoms with E-state index < -0.39 is 0 Å². The number of hydrogen-bond acceptors (Lipinski definition) is 3. The largest absolute Gasteiger partial charge is 0.357 e. The molecule has 2 N–H and O–H groups in total. The lowest BCUT2D eigenvalue weighted by Gasteiger charge is -2.30. The molecule has 5 heteroatoms. The van der Waals surface area contributed by atoms with E-state index in [4.69, 9.17) is 4.99 Å². The van der Waals surface area contributed by atoms with Crippen LogP contribution < -0.4 is 10.6 Å². The lowest BCUT2D eigenvalue weighted by atomic mass is 9.99. The first-order valence-corrected chi connectivity index (χ1v) is 10.9. The van der Waals surface area contributed by atoms with Crippen molar-refractivity contribution < 1.29 is 0 Å². The van der Waals surface area contributed by atoms with Crippen LogP contribution >= 0.6 is 0 Å². The second-order valence-corrected chi connectivity index (χ2v) is 7.97. The Bertz CT molecular complexity index is 734. The third-order valence-electron chi connectivity index (χ3n) is 5.47. The summed E-state index contributed by atoms with van der Waals surface area (Å²) in [5, 5.41) is 6.72. The molecule has 5 nitrogen and oxygen atoms in total. The lowest BCUT2D eigenvalue weighted by molar-refractivity contribution is 0.185. The molecule has 0 spiro atoms. The summed E-state index contributed by atoms with van der Waals surface area (Å²) >= 11 is 0. The fourth-order valence-electron chi connectivity index (χ4n) is 3.60. The van der Waals surface area contributed by atoms with Gasteiger partial charge < -0.3 is 10.6 Å². The van der Waals surface area contributed by atoms with Crippen molar-refractivity contribution in [3.8, 4) is 0 Å². The smallest absolute Gasteiger partial charge is 0.191 e. The van der Waals surface area contributed by atoms with Crippen LogP contribution in [-0.4, -0.2) is 42.0 Å². The Hall–Kier alpha value is -2.40. The Morgan fingerprint density at radius 1 is 1.07 bits per heavy atom. The molecule has 0 unspecified atom stereocenters. The molecule has 2 heterocycles. The van der Waals surface area contributed by atoms with E-state index in [1.54, 1.807) is 0 Å². The average molecular weight is 394 g/mol. The first kappa shape index (κ1) is 21.3. The van der Waals surface area contributed by atoms with Gasteiger partial charge in [-0.25, -0.2) is 4.99 Å². The number of aliphatic imine (C=N–C) groups is 1. The van der Waals surface area contributed by atoms with Crippen LogP contribution in [0.3, 0.4) is 0 Å².